The molecule has 1 N–H and O–H groups in total. The summed E-state index contributed by atoms with van der Waals surface area (Å²) in [6.45, 7) is 3.03. The second-order valence-electron chi connectivity index (χ2n) is 2.99. The Morgan fingerprint density at radius 2 is 2.15 bits per heavy atom. The van der Waals surface area contributed by atoms with E-state index >= 15 is 0 Å². The van der Waals surface area contributed by atoms with Crippen LogP contribution >= 0.6 is 0 Å². The first-order valence-electron chi connectivity index (χ1n) is 3.79. The average molecular weight is 193 g/mol. The van der Waals surface area contributed by atoms with E-state index < -0.39 is 12.0 Å². The van der Waals surface area contributed by atoms with E-state index in [1.54, 1.807) is 6.92 Å². The Kier molecular flexibility index (Phi) is 4.99. The number of aliphatic hydroxyl groups is 1. The molecule has 0 fully saturated rings. The Bertz CT molecular complexity index is 252. The topological polar surface area (TPSA) is 66.7 Å². The van der Waals surface area contributed by atoms with Crippen molar-refractivity contribution < 1.29 is 14.7 Å². The molecule has 0 saturated heterocycles. The maximum atomic E-state index is 11.0. The van der Waals surface area contributed by atoms with Gasteiger partial charge in [-0.25, -0.2) is 0 Å². The Labute approximate surface area is 98.7 Å². The molecule has 4 nitrogen and oxygen atoms in total. The third-order valence-corrected chi connectivity index (χ3v) is 2.07. The van der Waals surface area contributed by atoms with Crippen LogP contribution in [-0.4, -0.2) is 64.6 Å². The molecule has 0 radical (unpaired) electrons. The predicted octanol–water partition coefficient (Wildman–Crippen LogP) is -1.05. The van der Waals surface area contributed by atoms with Crippen LogP contribution in [0.2, 0.25) is 0 Å². The van der Waals surface area contributed by atoms with Gasteiger partial charge in [0.25, 0.3) is 0 Å². The number of hydrogen-bond donors (Lipinski definition) is 1. The first-order valence-corrected chi connectivity index (χ1v) is 3.79. The van der Waals surface area contributed by atoms with Crippen molar-refractivity contribution in [1.82, 2.24) is 0 Å². The Balaban J connectivity index is 0.00000144. The van der Waals surface area contributed by atoms with Gasteiger partial charge >= 0.3 is 29.6 Å². The molecule has 0 amide bonds. The van der Waals surface area contributed by atoms with Gasteiger partial charge in [0.15, 0.2) is 6.29 Å². The van der Waals surface area contributed by atoms with Crippen LogP contribution in [0.15, 0.2) is 4.99 Å². The molecule has 0 aliphatic carbocycles. The Hall–Kier alpha value is -0.0300. The molecule has 0 saturated carbocycles. The van der Waals surface area contributed by atoms with Crippen LogP contribution in [0.3, 0.4) is 0 Å². The van der Waals surface area contributed by atoms with Crippen molar-refractivity contribution >= 4 is 47.3 Å². The monoisotopic (exact) mass is 193 g/mol. The molecular formula is C8H12NNaO3. The predicted molar refractivity (Wildman–Crippen MR) is 50.3 cm³/mol. The molecule has 3 atom stereocenters. The number of rotatable bonds is 2. The molecule has 1 aliphatic heterocycles. The SMILES string of the molecule is CC(=O)C1C(C=O)=NC(C)C1O.[NaH]. The Morgan fingerprint density at radius 1 is 1.62 bits per heavy atom. The van der Waals surface area contributed by atoms with Gasteiger partial charge in [-0.1, -0.05) is 0 Å². The summed E-state index contributed by atoms with van der Waals surface area (Å²) in [4.78, 5) is 25.3. The molecule has 0 spiro atoms. The third-order valence-electron chi connectivity index (χ3n) is 2.07. The standard InChI is InChI=1S/C8H11NO3.Na.H/c1-4-8(12)7(5(2)11)6(3-10)9-4;;/h3-4,7-8,12H,1-2H3;;. The fraction of sp³-hybridized carbons (Fsp3) is 0.625. The second-order valence-corrected chi connectivity index (χ2v) is 2.99. The quantitative estimate of drug-likeness (QED) is 0.449. The van der Waals surface area contributed by atoms with Gasteiger partial charge in [-0.2, -0.15) is 0 Å². The summed E-state index contributed by atoms with van der Waals surface area (Å²) in [6, 6.07) is -0.348. The molecule has 1 heterocycles. The van der Waals surface area contributed by atoms with Gasteiger partial charge in [0, 0.05) is 0 Å². The van der Waals surface area contributed by atoms with E-state index in [1.165, 1.54) is 6.92 Å². The van der Waals surface area contributed by atoms with Crippen LogP contribution in [0.25, 0.3) is 0 Å². The summed E-state index contributed by atoms with van der Waals surface area (Å²) in [5, 5.41) is 9.44. The van der Waals surface area contributed by atoms with Crippen LogP contribution in [0.1, 0.15) is 13.8 Å². The van der Waals surface area contributed by atoms with Crippen LogP contribution < -0.4 is 0 Å². The van der Waals surface area contributed by atoms with Crippen molar-refractivity contribution in [1.29, 1.82) is 0 Å². The van der Waals surface area contributed by atoms with E-state index in [2.05, 4.69) is 4.99 Å². The molecule has 0 aromatic heterocycles. The van der Waals surface area contributed by atoms with E-state index in [-0.39, 0.29) is 47.1 Å². The zero-order chi connectivity index (χ0) is 9.30. The van der Waals surface area contributed by atoms with E-state index in [0.29, 0.717) is 6.29 Å². The molecule has 3 unspecified atom stereocenters. The number of carbonyl (C=O) groups is 2. The van der Waals surface area contributed by atoms with Crippen LogP contribution in [0.5, 0.6) is 0 Å². The summed E-state index contributed by atoms with van der Waals surface area (Å²) in [5.74, 6) is -0.921. The summed E-state index contributed by atoms with van der Waals surface area (Å²) >= 11 is 0. The summed E-state index contributed by atoms with van der Waals surface area (Å²) in [5.41, 5.74) is 0.169. The average Bonchev–Trinajstić information content (AvgIpc) is 2.28. The number of Topliss-reactive ketones (excluding diaryl/α,β-unsaturated/α-hetero) is 1. The van der Waals surface area contributed by atoms with Gasteiger partial charge in [0.05, 0.1) is 23.8 Å². The van der Waals surface area contributed by atoms with Gasteiger partial charge in [0.1, 0.15) is 5.78 Å². The Morgan fingerprint density at radius 3 is 2.46 bits per heavy atom. The van der Waals surface area contributed by atoms with E-state index in [1.807, 2.05) is 0 Å². The van der Waals surface area contributed by atoms with Crippen molar-refractivity contribution in [3.63, 3.8) is 0 Å². The normalized spacial score (nSPS) is 31.9. The number of aliphatic imine (C=N–C) groups is 1. The first-order chi connectivity index (χ1) is 5.57. The van der Waals surface area contributed by atoms with Crippen molar-refractivity contribution in [3.8, 4) is 0 Å². The van der Waals surface area contributed by atoms with Gasteiger partial charge in [0.2, 0.25) is 0 Å². The van der Waals surface area contributed by atoms with Crippen LogP contribution in [-0.2, 0) is 9.59 Å². The van der Waals surface area contributed by atoms with E-state index in [0.717, 1.165) is 0 Å². The zero-order valence-electron chi connectivity index (χ0n) is 7.02. The van der Waals surface area contributed by atoms with Gasteiger partial charge in [-0.15, -0.1) is 0 Å². The number of ketones is 1. The number of aliphatic hydroxyl groups excluding tert-OH is 1. The molecule has 0 aromatic carbocycles. The molecule has 5 heteroatoms. The van der Waals surface area contributed by atoms with Crippen molar-refractivity contribution in [2.45, 2.75) is 26.0 Å². The molecular weight excluding hydrogens is 181 g/mol. The molecule has 0 aromatic rings. The van der Waals surface area contributed by atoms with Crippen LogP contribution in [0.4, 0.5) is 0 Å². The van der Waals surface area contributed by atoms with E-state index in [9.17, 15) is 14.7 Å². The van der Waals surface area contributed by atoms with Crippen molar-refractivity contribution in [3.05, 3.63) is 0 Å². The molecule has 13 heavy (non-hydrogen) atoms. The minimum atomic E-state index is -0.831. The third kappa shape index (κ3) is 2.47. The van der Waals surface area contributed by atoms with Crippen molar-refractivity contribution in [2.75, 3.05) is 0 Å². The molecule has 1 aliphatic rings. The maximum absolute atomic E-state index is 11.0. The van der Waals surface area contributed by atoms with Gasteiger partial charge in [-0.05, 0) is 13.8 Å². The van der Waals surface area contributed by atoms with Crippen LogP contribution in [0, 0.1) is 5.92 Å². The zero-order valence-corrected chi connectivity index (χ0v) is 7.02. The molecule has 68 valence electrons. The number of nitrogens with zero attached hydrogens (tertiary/aromatic N) is 1. The molecule has 0 bridgehead atoms. The van der Waals surface area contributed by atoms with Gasteiger partial charge in [-0.3, -0.25) is 14.6 Å². The summed E-state index contributed by atoms with van der Waals surface area (Å²) in [7, 11) is 0. The summed E-state index contributed by atoms with van der Waals surface area (Å²) < 4.78 is 0. The minimum absolute atomic E-state index is 0. The number of carbonyl (C=O) groups excluding carboxylic acids is 2. The summed E-state index contributed by atoms with van der Waals surface area (Å²) in [6.07, 6.45) is -0.290. The van der Waals surface area contributed by atoms with Crippen molar-refractivity contribution in [2.24, 2.45) is 10.9 Å². The second kappa shape index (κ2) is 5.00. The van der Waals surface area contributed by atoms with Gasteiger partial charge < -0.3 is 5.11 Å². The fourth-order valence-corrected chi connectivity index (χ4v) is 1.40. The van der Waals surface area contributed by atoms with E-state index in [4.69, 9.17) is 0 Å². The number of hydrogen-bond acceptors (Lipinski definition) is 4. The fourth-order valence-electron chi connectivity index (χ4n) is 1.40. The molecule has 1 rings (SSSR count). The first kappa shape index (κ1) is 13.0. The number of aldehydes is 1.